The average Bonchev–Trinajstić information content (AvgIpc) is 3.58. The van der Waals surface area contributed by atoms with Crippen molar-refractivity contribution in [2.24, 2.45) is 5.92 Å². The number of aliphatic carboxylic acids is 1. The topological polar surface area (TPSA) is 112 Å². The number of likely N-dealkylation sites (tertiary alicyclic amines) is 1. The van der Waals surface area contributed by atoms with Crippen LogP contribution < -0.4 is 4.74 Å². The highest BCUT2D eigenvalue weighted by atomic mass is 16.5. The zero-order valence-electron chi connectivity index (χ0n) is 21.1. The molecule has 1 aromatic heterocycles. The minimum Gasteiger partial charge on any atom is -0.490 e. The molecule has 2 aromatic carbocycles. The van der Waals surface area contributed by atoms with E-state index >= 15 is 0 Å². The molecule has 190 valence electrons. The van der Waals surface area contributed by atoms with Gasteiger partial charge in [-0.2, -0.15) is 10.2 Å². The summed E-state index contributed by atoms with van der Waals surface area (Å²) in [6.45, 7) is 5.85. The lowest BCUT2D eigenvalue weighted by molar-refractivity contribution is -0.146. The van der Waals surface area contributed by atoms with Crippen molar-refractivity contribution in [1.29, 1.82) is 5.26 Å². The second kappa shape index (κ2) is 9.00. The van der Waals surface area contributed by atoms with Gasteiger partial charge >= 0.3 is 5.97 Å². The number of fused-ring (bicyclic) bond motifs is 2. The van der Waals surface area contributed by atoms with Crippen molar-refractivity contribution in [3.8, 4) is 34.7 Å². The highest BCUT2D eigenvalue weighted by Crippen LogP contribution is 2.49. The van der Waals surface area contributed by atoms with Crippen LogP contribution in [0.15, 0.2) is 40.9 Å². The first-order valence-electron chi connectivity index (χ1n) is 13.0. The monoisotopic (exact) mass is 498 g/mol. The second-order valence-corrected chi connectivity index (χ2v) is 10.9. The maximum atomic E-state index is 11.2. The summed E-state index contributed by atoms with van der Waals surface area (Å²) >= 11 is 0. The van der Waals surface area contributed by atoms with Gasteiger partial charge in [-0.15, -0.1) is 0 Å². The molecule has 0 radical (unpaired) electrons. The van der Waals surface area contributed by atoms with Crippen LogP contribution in [-0.2, 0) is 16.6 Å². The number of benzene rings is 2. The molecule has 8 nitrogen and oxygen atoms in total. The molecule has 6 rings (SSSR count). The fraction of sp³-hybridized carbons (Fsp3) is 0.448. The van der Waals surface area contributed by atoms with Gasteiger partial charge in [0, 0.05) is 29.1 Å². The van der Waals surface area contributed by atoms with Crippen LogP contribution in [0.5, 0.6) is 5.75 Å². The zero-order valence-corrected chi connectivity index (χ0v) is 21.1. The minimum absolute atomic E-state index is 0.0289. The van der Waals surface area contributed by atoms with E-state index in [1.165, 1.54) is 11.1 Å². The molecule has 1 saturated carbocycles. The smallest absolute Gasteiger partial charge is 0.306 e. The highest BCUT2D eigenvalue weighted by Gasteiger charge is 2.49. The summed E-state index contributed by atoms with van der Waals surface area (Å²) in [7, 11) is 0. The van der Waals surface area contributed by atoms with Gasteiger partial charge in [0.1, 0.15) is 11.8 Å². The number of nitrogens with zero attached hydrogens (tertiary/aromatic N) is 4. The lowest BCUT2D eigenvalue weighted by Gasteiger charge is -2.40. The second-order valence-electron chi connectivity index (χ2n) is 10.9. The number of carboxylic acids is 1. The summed E-state index contributed by atoms with van der Waals surface area (Å²) in [6.07, 6.45) is 4.64. The first-order chi connectivity index (χ1) is 17.9. The van der Waals surface area contributed by atoms with Crippen LogP contribution in [0.3, 0.4) is 0 Å². The molecule has 1 aliphatic heterocycles. The molecule has 37 heavy (non-hydrogen) atoms. The summed E-state index contributed by atoms with van der Waals surface area (Å²) in [6, 6.07) is 14.3. The van der Waals surface area contributed by atoms with E-state index in [2.05, 4.69) is 34.3 Å². The summed E-state index contributed by atoms with van der Waals surface area (Å²) in [5.74, 6) is 0.628. The minimum atomic E-state index is -0.663. The van der Waals surface area contributed by atoms with E-state index < -0.39 is 5.97 Å². The van der Waals surface area contributed by atoms with Gasteiger partial charge in [0.25, 0.3) is 5.89 Å². The molecule has 1 spiro atoms. The van der Waals surface area contributed by atoms with Crippen molar-refractivity contribution in [2.45, 2.75) is 63.5 Å². The Bertz CT molecular complexity index is 1400. The Balaban J connectivity index is 1.24. The normalized spacial score (nSPS) is 24.7. The third-order valence-electron chi connectivity index (χ3n) is 8.34. The summed E-state index contributed by atoms with van der Waals surface area (Å²) in [4.78, 5) is 18.5. The maximum absolute atomic E-state index is 11.2. The van der Waals surface area contributed by atoms with E-state index in [4.69, 9.17) is 14.2 Å². The van der Waals surface area contributed by atoms with Gasteiger partial charge in [0.05, 0.1) is 17.6 Å². The fourth-order valence-corrected chi connectivity index (χ4v) is 6.35. The molecule has 1 saturated heterocycles. The van der Waals surface area contributed by atoms with E-state index in [1.54, 1.807) is 12.1 Å². The summed E-state index contributed by atoms with van der Waals surface area (Å²) in [5, 5.41) is 23.1. The molecular weight excluding hydrogens is 468 g/mol. The molecule has 0 unspecified atom stereocenters. The predicted octanol–water partition coefficient (Wildman–Crippen LogP) is 4.82. The molecule has 1 N–H and O–H groups in total. The standard InChI is InChI=1S/C29H30N4O4/c1-17(2)36-25-7-6-18(12-20(25)15-30)27-31-26(32-37-27)23-4-3-5-24-22(23)8-9-29(24)10-11-33(16-29)21-13-19(14-21)28(34)35/h3-7,12,17,19,21H,8-11,13-14,16H2,1-2H3,(H,34,35)/t19?,21?,29-/m0/s1. The number of ether oxygens (including phenoxy) is 1. The van der Waals surface area contributed by atoms with E-state index in [1.807, 2.05) is 19.9 Å². The summed E-state index contributed by atoms with van der Waals surface area (Å²) in [5.41, 5.74) is 4.88. The Labute approximate surface area is 215 Å². The molecule has 3 aliphatic rings. The Kier molecular flexibility index (Phi) is 5.76. The lowest BCUT2D eigenvalue weighted by Crippen LogP contribution is -2.47. The molecule has 8 heteroatoms. The average molecular weight is 499 g/mol. The van der Waals surface area contributed by atoms with Gasteiger partial charge in [-0.1, -0.05) is 23.4 Å². The number of hydrogen-bond donors (Lipinski definition) is 1. The van der Waals surface area contributed by atoms with Crippen LogP contribution >= 0.6 is 0 Å². The van der Waals surface area contributed by atoms with E-state index in [-0.39, 0.29) is 17.4 Å². The van der Waals surface area contributed by atoms with Gasteiger partial charge in [-0.3, -0.25) is 9.69 Å². The first kappa shape index (κ1) is 23.7. The van der Waals surface area contributed by atoms with Gasteiger partial charge < -0.3 is 14.4 Å². The third kappa shape index (κ3) is 4.08. The van der Waals surface area contributed by atoms with E-state index in [0.29, 0.717) is 34.6 Å². The van der Waals surface area contributed by atoms with Gasteiger partial charge in [0.2, 0.25) is 5.82 Å². The third-order valence-corrected chi connectivity index (χ3v) is 8.34. The SMILES string of the molecule is CC(C)Oc1ccc(-c2nc(-c3cccc4c3CC[C@@]43CCN(C4CC(C(=O)O)C4)C3)no2)cc1C#N. The zero-order chi connectivity index (χ0) is 25.7. The van der Waals surface area contributed by atoms with E-state index in [0.717, 1.165) is 50.8 Å². The molecule has 2 fully saturated rings. The molecule has 3 aromatic rings. The number of carbonyl (C=O) groups is 1. The molecule has 1 atom stereocenters. The fourth-order valence-electron chi connectivity index (χ4n) is 6.35. The quantitative estimate of drug-likeness (QED) is 0.515. The molecule has 2 heterocycles. The van der Waals surface area contributed by atoms with Crippen LogP contribution in [0.4, 0.5) is 0 Å². The van der Waals surface area contributed by atoms with Gasteiger partial charge in [0.15, 0.2) is 0 Å². The van der Waals surface area contributed by atoms with Crippen molar-refractivity contribution >= 4 is 5.97 Å². The van der Waals surface area contributed by atoms with Crippen molar-refractivity contribution in [1.82, 2.24) is 15.0 Å². The Morgan fingerprint density at radius 3 is 2.86 bits per heavy atom. The molecule has 0 amide bonds. The number of aromatic nitrogens is 2. The molecule has 2 aliphatic carbocycles. The molecule has 0 bridgehead atoms. The van der Waals surface area contributed by atoms with Crippen molar-refractivity contribution in [2.75, 3.05) is 13.1 Å². The van der Waals surface area contributed by atoms with Gasteiger partial charge in [-0.25, -0.2) is 0 Å². The Hall–Kier alpha value is -3.70. The van der Waals surface area contributed by atoms with Crippen LogP contribution in [0.25, 0.3) is 22.8 Å². The summed E-state index contributed by atoms with van der Waals surface area (Å²) < 4.78 is 11.4. The number of rotatable bonds is 6. The van der Waals surface area contributed by atoms with Crippen LogP contribution in [0, 0.1) is 17.2 Å². The highest BCUT2D eigenvalue weighted by molar-refractivity contribution is 5.71. The van der Waals surface area contributed by atoms with Gasteiger partial charge in [-0.05, 0) is 81.8 Å². The molecular formula is C29H30N4O4. The van der Waals surface area contributed by atoms with Crippen LogP contribution in [0.2, 0.25) is 0 Å². The van der Waals surface area contributed by atoms with Crippen molar-refractivity contribution in [3.63, 3.8) is 0 Å². The number of nitriles is 1. The number of hydrogen-bond acceptors (Lipinski definition) is 7. The largest absolute Gasteiger partial charge is 0.490 e. The van der Waals surface area contributed by atoms with E-state index in [9.17, 15) is 15.2 Å². The van der Waals surface area contributed by atoms with Crippen molar-refractivity contribution < 1.29 is 19.2 Å². The van der Waals surface area contributed by atoms with Crippen LogP contribution in [0.1, 0.15) is 56.2 Å². The first-order valence-corrected chi connectivity index (χ1v) is 13.0. The van der Waals surface area contributed by atoms with Crippen LogP contribution in [-0.4, -0.2) is 51.4 Å². The van der Waals surface area contributed by atoms with Crippen molar-refractivity contribution in [3.05, 3.63) is 53.1 Å². The Morgan fingerprint density at radius 2 is 2.11 bits per heavy atom. The predicted molar refractivity (Wildman–Crippen MR) is 136 cm³/mol. The number of carboxylic acid groups (broad SMARTS) is 1. The lowest BCUT2D eigenvalue weighted by atomic mass is 9.78. The Morgan fingerprint density at radius 1 is 1.27 bits per heavy atom. The maximum Gasteiger partial charge on any atom is 0.306 e.